The van der Waals surface area contributed by atoms with Gasteiger partial charge in [-0.3, -0.25) is 9.78 Å². The van der Waals surface area contributed by atoms with Gasteiger partial charge in [0.15, 0.2) is 0 Å². The molecule has 4 heteroatoms. The van der Waals surface area contributed by atoms with Gasteiger partial charge in [-0.15, -0.1) is 0 Å². The molecule has 0 unspecified atom stereocenters. The van der Waals surface area contributed by atoms with E-state index in [0.29, 0.717) is 13.1 Å². The maximum atomic E-state index is 12.3. The van der Waals surface area contributed by atoms with Crippen LogP contribution in [-0.4, -0.2) is 28.4 Å². The van der Waals surface area contributed by atoms with Crippen molar-refractivity contribution in [3.05, 3.63) is 30.1 Å². The number of carbonyl (C=O) groups is 1. The zero-order valence-electron chi connectivity index (χ0n) is 11.5. The lowest BCUT2D eigenvalue weighted by molar-refractivity contribution is -0.134. The van der Waals surface area contributed by atoms with Gasteiger partial charge in [0.05, 0.1) is 18.3 Å². The Labute approximate surface area is 109 Å². The molecule has 1 heterocycles. The Morgan fingerprint density at radius 1 is 1.44 bits per heavy atom. The second kappa shape index (κ2) is 7.11. The number of amides is 1. The van der Waals surface area contributed by atoms with Crippen LogP contribution in [-0.2, 0) is 11.3 Å². The van der Waals surface area contributed by atoms with E-state index in [1.807, 2.05) is 39.0 Å². The second-order valence-electron chi connectivity index (χ2n) is 4.58. The van der Waals surface area contributed by atoms with Crippen LogP contribution in [0.2, 0.25) is 0 Å². The molecule has 4 nitrogen and oxygen atoms in total. The van der Waals surface area contributed by atoms with Crippen LogP contribution >= 0.6 is 0 Å². The van der Waals surface area contributed by atoms with Crippen LogP contribution in [0.25, 0.3) is 0 Å². The third-order valence-electron chi connectivity index (χ3n) is 3.31. The first kappa shape index (κ1) is 14.6. The highest BCUT2D eigenvalue weighted by Crippen LogP contribution is 2.10. The van der Waals surface area contributed by atoms with E-state index in [-0.39, 0.29) is 11.8 Å². The number of nitrogens with zero attached hydrogens (tertiary/aromatic N) is 2. The lowest BCUT2D eigenvalue weighted by atomic mass is 9.99. The summed E-state index contributed by atoms with van der Waals surface area (Å²) in [6.45, 7) is 7.20. The maximum absolute atomic E-state index is 12.3. The van der Waals surface area contributed by atoms with Gasteiger partial charge in [-0.1, -0.05) is 26.3 Å². The third-order valence-corrected chi connectivity index (χ3v) is 3.31. The smallest absolute Gasteiger partial charge is 0.240 e. The molecule has 2 atom stereocenters. The van der Waals surface area contributed by atoms with Crippen LogP contribution < -0.4 is 5.73 Å². The van der Waals surface area contributed by atoms with E-state index in [1.54, 1.807) is 11.1 Å². The van der Waals surface area contributed by atoms with E-state index in [9.17, 15) is 4.79 Å². The molecule has 0 aliphatic heterocycles. The number of pyridine rings is 1. The number of aromatic nitrogens is 1. The summed E-state index contributed by atoms with van der Waals surface area (Å²) in [5, 5.41) is 0. The summed E-state index contributed by atoms with van der Waals surface area (Å²) < 4.78 is 0. The predicted molar refractivity (Wildman–Crippen MR) is 72.8 cm³/mol. The van der Waals surface area contributed by atoms with E-state index in [1.165, 1.54) is 0 Å². The van der Waals surface area contributed by atoms with Gasteiger partial charge in [0, 0.05) is 12.7 Å². The lowest BCUT2D eigenvalue weighted by Gasteiger charge is -2.26. The third kappa shape index (κ3) is 3.81. The molecule has 0 aliphatic carbocycles. The minimum absolute atomic E-state index is 0.0116. The molecule has 0 fully saturated rings. The molecule has 0 spiro atoms. The number of nitrogens with two attached hydrogens (primary N) is 1. The molecular formula is C14H23N3O. The van der Waals surface area contributed by atoms with Gasteiger partial charge in [0.2, 0.25) is 5.91 Å². The predicted octanol–water partition coefficient (Wildman–Crippen LogP) is 1.80. The number of rotatable bonds is 6. The summed E-state index contributed by atoms with van der Waals surface area (Å²) in [5.74, 6) is 0.216. The summed E-state index contributed by atoms with van der Waals surface area (Å²) >= 11 is 0. The first-order valence-corrected chi connectivity index (χ1v) is 6.54. The molecule has 0 saturated heterocycles. The maximum Gasteiger partial charge on any atom is 0.240 e. The fourth-order valence-corrected chi connectivity index (χ4v) is 1.74. The Bertz CT molecular complexity index is 367. The molecule has 18 heavy (non-hydrogen) atoms. The highest BCUT2D eigenvalue weighted by atomic mass is 16.2. The molecule has 0 aliphatic rings. The Morgan fingerprint density at radius 2 is 2.17 bits per heavy atom. The summed E-state index contributed by atoms with van der Waals surface area (Å²) in [6.07, 6.45) is 2.65. The number of likely N-dealkylation sites (N-methyl/N-ethyl adjacent to an activating group) is 1. The largest absolute Gasteiger partial charge is 0.336 e. The first-order chi connectivity index (χ1) is 8.60. The van der Waals surface area contributed by atoms with Gasteiger partial charge in [0.1, 0.15) is 0 Å². The Morgan fingerprint density at radius 3 is 2.67 bits per heavy atom. The summed E-state index contributed by atoms with van der Waals surface area (Å²) in [4.78, 5) is 18.3. The van der Waals surface area contributed by atoms with E-state index in [4.69, 9.17) is 5.73 Å². The van der Waals surface area contributed by atoms with Gasteiger partial charge < -0.3 is 10.6 Å². The molecule has 0 radical (unpaired) electrons. The van der Waals surface area contributed by atoms with Crippen molar-refractivity contribution in [1.82, 2.24) is 9.88 Å². The van der Waals surface area contributed by atoms with E-state index >= 15 is 0 Å². The Kier molecular flexibility index (Phi) is 5.78. The fourth-order valence-electron chi connectivity index (χ4n) is 1.74. The molecule has 0 aromatic carbocycles. The minimum atomic E-state index is -0.418. The highest BCUT2D eigenvalue weighted by molar-refractivity contribution is 5.81. The average molecular weight is 249 g/mol. The molecule has 1 rings (SSSR count). The van der Waals surface area contributed by atoms with Gasteiger partial charge >= 0.3 is 0 Å². The van der Waals surface area contributed by atoms with Crippen molar-refractivity contribution in [2.45, 2.75) is 39.8 Å². The van der Waals surface area contributed by atoms with Crippen LogP contribution in [0.15, 0.2) is 24.4 Å². The van der Waals surface area contributed by atoms with E-state index in [2.05, 4.69) is 4.98 Å². The molecule has 100 valence electrons. The van der Waals surface area contributed by atoms with Gasteiger partial charge in [-0.25, -0.2) is 0 Å². The lowest BCUT2D eigenvalue weighted by Crippen LogP contribution is -2.46. The van der Waals surface area contributed by atoms with Crippen molar-refractivity contribution in [2.24, 2.45) is 11.7 Å². The van der Waals surface area contributed by atoms with Crippen LogP contribution in [0.5, 0.6) is 0 Å². The van der Waals surface area contributed by atoms with Crippen molar-refractivity contribution in [3.8, 4) is 0 Å². The highest BCUT2D eigenvalue weighted by Gasteiger charge is 2.24. The van der Waals surface area contributed by atoms with Crippen LogP contribution in [0.3, 0.4) is 0 Å². The first-order valence-electron chi connectivity index (χ1n) is 6.54. The summed E-state index contributed by atoms with van der Waals surface area (Å²) in [7, 11) is 0. The molecule has 1 amide bonds. The van der Waals surface area contributed by atoms with Crippen molar-refractivity contribution in [2.75, 3.05) is 6.54 Å². The van der Waals surface area contributed by atoms with Crippen molar-refractivity contribution < 1.29 is 4.79 Å². The molecular weight excluding hydrogens is 226 g/mol. The molecule has 1 aromatic heterocycles. The Balaban J connectivity index is 2.69. The van der Waals surface area contributed by atoms with Crippen LogP contribution in [0.1, 0.15) is 32.9 Å². The summed E-state index contributed by atoms with van der Waals surface area (Å²) in [5.41, 5.74) is 6.88. The van der Waals surface area contributed by atoms with Crippen molar-refractivity contribution in [1.29, 1.82) is 0 Å². The van der Waals surface area contributed by atoms with Crippen LogP contribution in [0.4, 0.5) is 0 Å². The number of hydrogen-bond donors (Lipinski definition) is 1. The number of carbonyl (C=O) groups excluding carboxylic acids is 1. The topological polar surface area (TPSA) is 59.2 Å². The summed E-state index contributed by atoms with van der Waals surface area (Å²) in [6, 6.07) is 5.30. The minimum Gasteiger partial charge on any atom is -0.336 e. The molecule has 0 bridgehead atoms. The normalized spacial score (nSPS) is 14.0. The number of hydrogen-bond acceptors (Lipinski definition) is 3. The average Bonchev–Trinajstić information content (AvgIpc) is 2.43. The molecule has 0 saturated carbocycles. The second-order valence-corrected chi connectivity index (χ2v) is 4.58. The molecule has 1 aromatic rings. The van der Waals surface area contributed by atoms with E-state index < -0.39 is 6.04 Å². The van der Waals surface area contributed by atoms with Crippen molar-refractivity contribution >= 4 is 5.91 Å². The van der Waals surface area contributed by atoms with Gasteiger partial charge in [0.25, 0.3) is 0 Å². The van der Waals surface area contributed by atoms with Gasteiger partial charge in [-0.05, 0) is 25.0 Å². The monoisotopic (exact) mass is 249 g/mol. The van der Waals surface area contributed by atoms with Crippen molar-refractivity contribution in [3.63, 3.8) is 0 Å². The van der Waals surface area contributed by atoms with Crippen LogP contribution in [0, 0.1) is 5.92 Å². The standard InChI is InChI=1S/C14H23N3O/c1-4-11(3)13(15)14(18)17(5-2)10-12-8-6-7-9-16-12/h6-9,11,13H,4-5,10,15H2,1-3H3/t11-,13-/m0/s1. The zero-order valence-corrected chi connectivity index (χ0v) is 11.5. The molecule has 2 N–H and O–H groups in total. The van der Waals surface area contributed by atoms with Gasteiger partial charge in [-0.2, -0.15) is 0 Å². The Hall–Kier alpha value is -1.42. The zero-order chi connectivity index (χ0) is 13.5. The van der Waals surface area contributed by atoms with E-state index in [0.717, 1.165) is 12.1 Å². The SMILES string of the molecule is CC[C@H](C)[C@H](N)C(=O)N(CC)Cc1ccccn1. The fraction of sp³-hybridized carbons (Fsp3) is 0.571. The quantitative estimate of drug-likeness (QED) is 0.836.